The monoisotopic (exact) mass is 273 g/mol. The number of halogens is 1. The minimum Gasteiger partial charge on any atom is -0.316 e. The Morgan fingerprint density at radius 3 is 2.95 bits per heavy atom. The zero-order chi connectivity index (χ0) is 13.9. The highest BCUT2D eigenvalue weighted by Gasteiger charge is 2.30. The second-order valence-corrected chi connectivity index (χ2v) is 5.36. The molecule has 0 saturated carbocycles. The van der Waals surface area contributed by atoms with Gasteiger partial charge in [0, 0.05) is 25.2 Å². The normalized spacial score (nSPS) is 22.9. The summed E-state index contributed by atoms with van der Waals surface area (Å²) in [6, 6.07) is 7.12. The molecule has 4 heteroatoms. The van der Waals surface area contributed by atoms with E-state index in [1.54, 1.807) is 12.1 Å². The molecule has 0 radical (unpaired) electrons. The maximum Gasteiger partial charge on any atom is 0.126 e. The Labute approximate surface area is 118 Å². The first-order valence-corrected chi connectivity index (χ1v) is 7.27. The lowest BCUT2D eigenvalue weighted by Gasteiger charge is -2.32. The van der Waals surface area contributed by atoms with Crippen LogP contribution in [-0.4, -0.2) is 22.9 Å². The number of nitrogens with one attached hydrogen (secondary N) is 1. The Balaban J connectivity index is 1.93. The van der Waals surface area contributed by atoms with Crippen LogP contribution >= 0.6 is 0 Å². The van der Waals surface area contributed by atoms with Crippen LogP contribution in [0.4, 0.5) is 4.39 Å². The van der Waals surface area contributed by atoms with Crippen LogP contribution in [0.3, 0.4) is 0 Å². The molecule has 0 aliphatic carbocycles. The second-order valence-electron chi connectivity index (χ2n) is 5.36. The largest absolute Gasteiger partial charge is 0.316 e. The third kappa shape index (κ3) is 2.48. The van der Waals surface area contributed by atoms with Crippen molar-refractivity contribution in [1.29, 1.82) is 0 Å². The lowest BCUT2D eigenvalue weighted by Crippen LogP contribution is -2.34. The Kier molecular flexibility index (Phi) is 3.83. The van der Waals surface area contributed by atoms with E-state index in [2.05, 4.69) is 23.5 Å². The van der Waals surface area contributed by atoms with Crippen molar-refractivity contribution in [3.63, 3.8) is 0 Å². The van der Waals surface area contributed by atoms with Crippen molar-refractivity contribution in [3.8, 4) is 0 Å². The number of benzene rings is 1. The second kappa shape index (κ2) is 5.75. The zero-order valence-electron chi connectivity index (χ0n) is 11.7. The molecule has 106 valence electrons. The fourth-order valence-electron chi connectivity index (χ4n) is 3.10. The number of aryl methyl sites for hydroxylation is 1. The molecule has 20 heavy (non-hydrogen) atoms. The van der Waals surface area contributed by atoms with Crippen LogP contribution in [0.25, 0.3) is 0 Å². The lowest BCUT2D eigenvalue weighted by atomic mass is 9.78. The molecule has 1 aliphatic rings. The maximum atomic E-state index is 14.1. The van der Waals surface area contributed by atoms with Gasteiger partial charge in [-0.3, -0.25) is 4.68 Å². The van der Waals surface area contributed by atoms with Crippen molar-refractivity contribution in [2.45, 2.75) is 31.7 Å². The molecule has 0 amide bonds. The van der Waals surface area contributed by atoms with Crippen LogP contribution in [0.2, 0.25) is 0 Å². The maximum absolute atomic E-state index is 14.1. The third-order valence-corrected chi connectivity index (χ3v) is 4.19. The summed E-state index contributed by atoms with van der Waals surface area (Å²) >= 11 is 0. The summed E-state index contributed by atoms with van der Waals surface area (Å²) in [6.45, 7) is 4.75. The predicted molar refractivity (Wildman–Crippen MR) is 77.3 cm³/mol. The predicted octanol–water partition coefficient (Wildman–Crippen LogP) is 2.90. The first-order valence-electron chi connectivity index (χ1n) is 7.27. The number of nitrogens with zero attached hydrogens (tertiary/aromatic N) is 2. The summed E-state index contributed by atoms with van der Waals surface area (Å²) < 4.78 is 16.0. The van der Waals surface area contributed by atoms with Crippen LogP contribution in [0.5, 0.6) is 0 Å². The van der Waals surface area contributed by atoms with Crippen molar-refractivity contribution >= 4 is 0 Å². The highest BCUT2D eigenvalue weighted by atomic mass is 19.1. The molecular formula is C16H20FN3. The third-order valence-electron chi connectivity index (χ3n) is 4.19. The Morgan fingerprint density at radius 2 is 2.20 bits per heavy atom. The highest BCUT2D eigenvalue weighted by molar-refractivity contribution is 5.29. The molecule has 1 aromatic heterocycles. The van der Waals surface area contributed by atoms with Crippen LogP contribution in [0.15, 0.2) is 36.7 Å². The first kappa shape index (κ1) is 13.3. The first-order chi connectivity index (χ1) is 9.79. The topological polar surface area (TPSA) is 29.9 Å². The van der Waals surface area contributed by atoms with Gasteiger partial charge in [-0.2, -0.15) is 5.10 Å². The average molecular weight is 273 g/mol. The van der Waals surface area contributed by atoms with Gasteiger partial charge in [0.05, 0.1) is 6.20 Å². The van der Waals surface area contributed by atoms with Gasteiger partial charge in [-0.05, 0) is 43.0 Å². The van der Waals surface area contributed by atoms with Crippen LogP contribution in [-0.2, 0) is 6.54 Å². The summed E-state index contributed by atoms with van der Waals surface area (Å²) in [7, 11) is 0. The van der Waals surface area contributed by atoms with Gasteiger partial charge in [0.15, 0.2) is 0 Å². The van der Waals surface area contributed by atoms with E-state index < -0.39 is 0 Å². The molecule has 1 fully saturated rings. The smallest absolute Gasteiger partial charge is 0.126 e. The van der Waals surface area contributed by atoms with Gasteiger partial charge in [0.25, 0.3) is 0 Å². The molecule has 2 unspecified atom stereocenters. The van der Waals surface area contributed by atoms with E-state index >= 15 is 0 Å². The van der Waals surface area contributed by atoms with Gasteiger partial charge < -0.3 is 5.32 Å². The number of hydrogen-bond donors (Lipinski definition) is 1. The fraction of sp³-hybridized carbons (Fsp3) is 0.438. The molecule has 3 rings (SSSR count). The van der Waals surface area contributed by atoms with E-state index in [0.717, 1.165) is 31.6 Å². The summed E-state index contributed by atoms with van der Waals surface area (Å²) in [4.78, 5) is 0. The Hall–Kier alpha value is -1.68. The van der Waals surface area contributed by atoms with Gasteiger partial charge >= 0.3 is 0 Å². The summed E-state index contributed by atoms with van der Waals surface area (Å²) in [5.41, 5.74) is 2.04. The summed E-state index contributed by atoms with van der Waals surface area (Å²) in [5, 5.41) is 7.75. The number of aromatic nitrogens is 2. The number of hydrogen-bond acceptors (Lipinski definition) is 2. The molecule has 1 aliphatic heterocycles. The van der Waals surface area contributed by atoms with E-state index in [0.29, 0.717) is 5.92 Å². The molecule has 0 bridgehead atoms. The standard InChI is InChI=1S/C16H20FN3/c1-2-20-11-12(9-19-20)13-7-8-18-10-15(13)14-5-3-4-6-16(14)17/h3-6,9,11,13,15,18H,2,7-8,10H2,1H3. The van der Waals surface area contributed by atoms with Crippen LogP contribution < -0.4 is 5.32 Å². The SMILES string of the molecule is CCn1cc(C2CCNCC2c2ccccc2F)cn1. The minimum atomic E-state index is -0.103. The number of rotatable bonds is 3. The Bertz CT molecular complexity index is 579. The van der Waals surface area contributed by atoms with E-state index in [-0.39, 0.29) is 11.7 Å². The molecule has 1 aromatic carbocycles. The average Bonchev–Trinajstić information content (AvgIpc) is 2.97. The van der Waals surface area contributed by atoms with Crippen molar-refractivity contribution in [2.24, 2.45) is 0 Å². The van der Waals surface area contributed by atoms with E-state index in [1.165, 1.54) is 5.56 Å². The van der Waals surface area contributed by atoms with Gasteiger partial charge in [-0.1, -0.05) is 18.2 Å². The van der Waals surface area contributed by atoms with Crippen molar-refractivity contribution in [3.05, 3.63) is 53.6 Å². The quantitative estimate of drug-likeness (QED) is 0.932. The molecule has 0 spiro atoms. The summed E-state index contributed by atoms with van der Waals surface area (Å²) in [6.07, 6.45) is 5.06. The fourth-order valence-corrected chi connectivity index (χ4v) is 3.10. The molecular weight excluding hydrogens is 253 g/mol. The van der Waals surface area contributed by atoms with Gasteiger partial charge in [-0.15, -0.1) is 0 Å². The summed E-state index contributed by atoms with van der Waals surface area (Å²) in [5.74, 6) is 0.419. The van der Waals surface area contributed by atoms with E-state index in [4.69, 9.17) is 0 Å². The van der Waals surface area contributed by atoms with Crippen molar-refractivity contribution in [2.75, 3.05) is 13.1 Å². The van der Waals surface area contributed by atoms with Crippen LogP contribution in [0, 0.1) is 5.82 Å². The zero-order valence-corrected chi connectivity index (χ0v) is 11.7. The molecule has 2 heterocycles. The van der Waals surface area contributed by atoms with Gasteiger partial charge in [0.1, 0.15) is 5.82 Å². The molecule has 2 aromatic rings. The van der Waals surface area contributed by atoms with Crippen molar-refractivity contribution in [1.82, 2.24) is 15.1 Å². The minimum absolute atomic E-state index is 0.103. The molecule has 3 nitrogen and oxygen atoms in total. The molecule has 2 atom stereocenters. The van der Waals surface area contributed by atoms with E-state index in [9.17, 15) is 4.39 Å². The van der Waals surface area contributed by atoms with Crippen molar-refractivity contribution < 1.29 is 4.39 Å². The highest BCUT2D eigenvalue weighted by Crippen LogP contribution is 2.37. The lowest BCUT2D eigenvalue weighted by molar-refractivity contribution is 0.393. The Morgan fingerprint density at radius 1 is 1.35 bits per heavy atom. The van der Waals surface area contributed by atoms with Gasteiger partial charge in [0.2, 0.25) is 0 Å². The number of piperidine rings is 1. The molecule has 1 N–H and O–H groups in total. The molecule has 1 saturated heterocycles. The van der Waals surface area contributed by atoms with Gasteiger partial charge in [-0.25, -0.2) is 4.39 Å². The van der Waals surface area contributed by atoms with E-state index in [1.807, 2.05) is 23.0 Å². The van der Waals surface area contributed by atoms with Crippen LogP contribution in [0.1, 0.15) is 36.3 Å².